The molecule has 1 aliphatic rings. The molecular formula is C15H17F3N4O3. The molecule has 0 aliphatic carbocycles. The lowest BCUT2D eigenvalue weighted by Crippen LogP contribution is -2.35. The van der Waals surface area contributed by atoms with Crippen LogP contribution in [0.15, 0.2) is 16.8 Å². The zero-order chi connectivity index (χ0) is 18.2. The Balaban J connectivity index is 1.64. The summed E-state index contributed by atoms with van der Waals surface area (Å²) in [5.74, 6) is 0.359. The summed E-state index contributed by atoms with van der Waals surface area (Å²) in [6.45, 7) is 0.774. The highest BCUT2D eigenvalue weighted by atomic mass is 19.4. The standard InChI is InChI=1S/C15H17F3N4O3/c1-21(14(23)10-5-13(24-2)20-25-10)6-9-3-4-12-19-11(15(16,17)18)8-22(12)7-9/h5,8-9H,3-4,6-7H2,1-2H3. The Kier molecular flexibility index (Phi) is 4.44. The van der Waals surface area contributed by atoms with Crippen LogP contribution in [0.25, 0.3) is 0 Å². The van der Waals surface area contributed by atoms with E-state index in [1.54, 1.807) is 7.05 Å². The molecule has 3 rings (SSSR count). The fourth-order valence-electron chi connectivity index (χ4n) is 2.91. The molecule has 10 heteroatoms. The molecule has 25 heavy (non-hydrogen) atoms. The van der Waals surface area contributed by atoms with Crippen molar-refractivity contribution < 1.29 is 27.2 Å². The molecule has 1 amide bonds. The maximum Gasteiger partial charge on any atom is 0.434 e. The zero-order valence-corrected chi connectivity index (χ0v) is 13.7. The highest BCUT2D eigenvalue weighted by Gasteiger charge is 2.36. The number of methoxy groups -OCH3 is 1. The predicted octanol–water partition coefficient (Wildman–Crippen LogP) is 2.23. The molecule has 0 saturated heterocycles. The van der Waals surface area contributed by atoms with Crippen LogP contribution < -0.4 is 4.74 Å². The molecule has 0 N–H and O–H groups in total. The molecule has 2 aromatic heterocycles. The van der Waals surface area contributed by atoms with E-state index in [0.29, 0.717) is 31.8 Å². The van der Waals surface area contributed by atoms with Crippen molar-refractivity contribution in [3.05, 3.63) is 29.5 Å². The van der Waals surface area contributed by atoms with E-state index in [0.717, 1.165) is 6.20 Å². The van der Waals surface area contributed by atoms with Gasteiger partial charge in [-0.25, -0.2) is 4.98 Å². The first-order chi connectivity index (χ1) is 11.8. The van der Waals surface area contributed by atoms with Gasteiger partial charge in [-0.1, -0.05) is 0 Å². The second kappa shape index (κ2) is 6.41. The molecule has 1 atom stereocenters. The number of rotatable bonds is 4. The molecule has 0 radical (unpaired) electrons. The number of aromatic nitrogens is 3. The lowest BCUT2D eigenvalue weighted by Gasteiger charge is -2.27. The predicted molar refractivity (Wildman–Crippen MR) is 79.1 cm³/mol. The monoisotopic (exact) mass is 358 g/mol. The lowest BCUT2D eigenvalue weighted by molar-refractivity contribution is -0.141. The highest BCUT2D eigenvalue weighted by Crippen LogP contribution is 2.30. The van der Waals surface area contributed by atoms with E-state index < -0.39 is 11.9 Å². The first kappa shape index (κ1) is 17.3. The van der Waals surface area contributed by atoms with Gasteiger partial charge < -0.3 is 18.7 Å². The molecular weight excluding hydrogens is 341 g/mol. The van der Waals surface area contributed by atoms with Gasteiger partial charge in [-0.15, -0.1) is 0 Å². The molecule has 0 aromatic carbocycles. The summed E-state index contributed by atoms with van der Waals surface area (Å²) in [5, 5.41) is 3.58. The Morgan fingerprint density at radius 3 is 2.92 bits per heavy atom. The van der Waals surface area contributed by atoms with E-state index in [9.17, 15) is 18.0 Å². The largest absolute Gasteiger partial charge is 0.479 e. The second-order valence-corrected chi connectivity index (χ2v) is 6.02. The van der Waals surface area contributed by atoms with Crippen LogP contribution in [-0.4, -0.2) is 46.2 Å². The summed E-state index contributed by atoms with van der Waals surface area (Å²) in [6, 6.07) is 1.39. The van der Waals surface area contributed by atoms with E-state index in [4.69, 9.17) is 9.26 Å². The van der Waals surface area contributed by atoms with Crippen LogP contribution in [0.4, 0.5) is 13.2 Å². The van der Waals surface area contributed by atoms with E-state index >= 15 is 0 Å². The number of aryl methyl sites for hydroxylation is 1. The summed E-state index contributed by atoms with van der Waals surface area (Å²) in [6.07, 6.45) is -2.31. The SMILES string of the molecule is COc1cc(C(=O)N(C)CC2CCc3nc(C(F)(F)F)cn3C2)on1. The number of carbonyl (C=O) groups is 1. The Bertz CT molecular complexity index is 768. The summed E-state index contributed by atoms with van der Waals surface area (Å²) >= 11 is 0. The van der Waals surface area contributed by atoms with Crippen LogP contribution >= 0.6 is 0 Å². The van der Waals surface area contributed by atoms with E-state index in [1.807, 2.05) is 0 Å². The first-order valence-electron chi connectivity index (χ1n) is 7.67. The maximum absolute atomic E-state index is 12.8. The van der Waals surface area contributed by atoms with Gasteiger partial charge >= 0.3 is 6.18 Å². The quantitative estimate of drug-likeness (QED) is 0.838. The summed E-state index contributed by atoms with van der Waals surface area (Å²) in [5.41, 5.74) is -0.874. The summed E-state index contributed by atoms with van der Waals surface area (Å²) in [7, 11) is 3.03. The molecule has 3 heterocycles. The fraction of sp³-hybridized carbons (Fsp3) is 0.533. The van der Waals surface area contributed by atoms with Gasteiger partial charge in [-0.2, -0.15) is 13.2 Å². The number of amides is 1. The molecule has 136 valence electrons. The number of alkyl halides is 3. The minimum atomic E-state index is -4.45. The Labute approximate surface area is 141 Å². The fourth-order valence-corrected chi connectivity index (χ4v) is 2.91. The molecule has 2 aromatic rings. The number of hydrogen-bond donors (Lipinski definition) is 0. The smallest absolute Gasteiger partial charge is 0.434 e. The highest BCUT2D eigenvalue weighted by molar-refractivity contribution is 5.91. The normalized spacial score (nSPS) is 17.2. The molecule has 1 unspecified atom stereocenters. The number of fused-ring (bicyclic) bond motifs is 1. The van der Waals surface area contributed by atoms with Crippen molar-refractivity contribution in [2.24, 2.45) is 5.92 Å². The van der Waals surface area contributed by atoms with E-state index in [-0.39, 0.29) is 23.5 Å². The minimum absolute atomic E-state index is 0.0292. The van der Waals surface area contributed by atoms with E-state index in [1.165, 1.54) is 22.6 Å². The Hall–Kier alpha value is -2.52. The van der Waals surface area contributed by atoms with E-state index in [2.05, 4.69) is 10.1 Å². The van der Waals surface area contributed by atoms with Gasteiger partial charge in [0.1, 0.15) is 5.82 Å². The van der Waals surface area contributed by atoms with Gasteiger partial charge in [0.05, 0.1) is 13.2 Å². The van der Waals surface area contributed by atoms with Crippen LogP contribution in [0.5, 0.6) is 5.88 Å². The maximum atomic E-state index is 12.8. The molecule has 7 nitrogen and oxygen atoms in total. The van der Waals surface area contributed by atoms with Gasteiger partial charge in [-0.3, -0.25) is 4.79 Å². The average molecular weight is 358 g/mol. The Morgan fingerprint density at radius 1 is 1.52 bits per heavy atom. The van der Waals surface area contributed by atoms with Gasteiger partial charge in [0.25, 0.3) is 11.8 Å². The zero-order valence-electron chi connectivity index (χ0n) is 13.7. The minimum Gasteiger partial charge on any atom is -0.479 e. The van der Waals surface area contributed by atoms with Crippen molar-refractivity contribution in [1.29, 1.82) is 0 Å². The molecule has 1 aliphatic heterocycles. The second-order valence-electron chi connectivity index (χ2n) is 6.02. The van der Waals surface area contributed by atoms with Crippen LogP contribution in [0.3, 0.4) is 0 Å². The lowest BCUT2D eigenvalue weighted by atomic mass is 9.99. The summed E-state index contributed by atoms with van der Waals surface area (Å²) in [4.78, 5) is 17.4. The number of ether oxygens (including phenoxy) is 1. The van der Waals surface area contributed by atoms with Crippen molar-refractivity contribution in [2.45, 2.75) is 25.6 Å². The third-order valence-corrected chi connectivity index (χ3v) is 4.17. The molecule has 0 fully saturated rings. The number of imidazole rings is 1. The van der Waals surface area contributed by atoms with Crippen LogP contribution in [0, 0.1) is 5.92 Å². The number of hydrogen-bond acceptors (Lipinski definition) is 5. The summed E-state index contributed by atoms with van der Waals surface area (Å²) < 4.78 is 49.6. The Morgan fingerprint density at radius 2 is 2.28 bits per heavy atom. The molecule has 0 saturated carbocycles. The van der Waals surface area contributed by atoms with Crippen LogP contribution in [0.1, 0.15) is 28.5 Å². The third-order valence-electron chi connectivity index (χ3n) is 4.17. The molecule has 0 bridgehead atoms. The molecule has 0 spiro atoms. The van der Waals surface area contributed by atoms with Crippen LogP contribution in [-0.2, 0) is 19.1 Å². The number of carbonyl (C=O) groups excluding carboxylic acids is 1. The van der Waals surface area contributed by atoms with Gasteiger partial charge in [-0.05, 0) is 17.5 Å². The van der Waals surface area contributed by atoms with Gasteiger partial charge in [0.15, 0.2) is 5.69 Å². The van der Waals surface area contributed by atoms with Crippen molar-refractivity contribution >= 4 is 5.91 Å². The van der Waals surface area contributed by atoms with Crippen molar-refractivity contribution in [1.82, 2.24) is 19.6 Å². The third kappa shape index (κ3) is 3.62. The van der Waals surface area contributed by atoms with Crippen molar-refractivity contribution in [3.63, 3.8) is 0 Å². The number of nitrogens with zero attached hydrogens (tertiary/aromatic N) is 4. The topological polar surface area (TPSA) is 73.4 Å². The number of halogens is 3. The van der Waals surface area contributed by atoms with Gasteiger partial charge in [0.2, 0.25) is 5.76 Å². The average Bonchev–Trinajstić information content (AvgIpc) is 3.19. The van der Waals surface area contributed by atoms with Crippen molar-refractivity contribution in [3.8, 4) is 5.88 Å². The first-order valence-corrected chi connectivity index (χ1v) is 7.67. The van der Waals surface area contributed by atoms with Crippen LogP contribution in [0.2, 0.25) is 0 Å². The van der Waals surface area contributed by atoms with Crippen molar-refractivity contribution in [2.75, 3.05) is 20.7 Å². The van der Waals surface area contributed by atoms with Gasteiger partial charge in [0, 0.05) is 32.8 Å².